The molecular formula is C20H20ClN3O2. The molecular weight excluding hydrogens is 350 g/mol. The quantitative estimate of drug-likeness (QED) is 0.694. The van der Waals surface area contributed by atoms with Crippen LogP contribution in [0.1, 0.15) is 36.4 Å². The van der Waals surface area contributed by atoms with Gasteiger partial charge in [0.1, 0.15) is 0 Å². The Hall–Kier alpha value is -2.66. The van der Waals surface area contributed by atoms with Crippen molar-refractivity contribution in [3.63, 3.8) is 0 Å². The first-order valence-corrected chi connectivity index (χ1v) is 8.83. The Morgan fingerprint density at radius 1 is 1.19 bits per heavy atom. The van der Waals surface area contributed by atoms with Crippen molar-refractivity contribution in [3.8, 4) is 11.5 Å². The summed E-state index contributed by atoms with van der Waals surface area (Å²) in [6.45, 7) is 3.94. The summed E-state index contributed by atoms with van der Waals surface area (Å²) in [5.41, 5.74) is 3.00. The van der Waals surface area contributed by atoms with Gasteiger partial charge in [0.2, 0.25) is 17.7 Å². The monoisotopic (exact) mass is 369 g/mol. The standard InChI is InChI=1S/C20H20ClN3O2/c1-13-6-8-15(9-7-13)20-24-23-19(26-20)11-10-18(25)22-14(2)16-4-3-5-17(21)12-16/h3-9,12,14H,10-11H2,1-2H3,(H,22,25). The molecule has 0 radical (unpaired) electrons. The second kappa shape index (κ2) is 8.15. The van der Waals surface area contributed by atoms with Crippen molar-refractivity contribution in [1.82, 2.24) is 15.5 Å². The topological polar surface area (TPSA) is 68.0 Å². The number of hydrogen-bond donors (Lipinski definition) is 1. The van der Waals surface area contributed by atoms with Crippen LogP contribution in [-0.4, -0.2) is 16.1 Å². The largest absolute Gasteiger partial charge is 0.421 e. The highest BCUT2D eigenvalue weighted by Gasteiger charge is 2.13. The molecule has 1 amide bonds. The first-order valence-electron chi connectivity index (χ1n) is 8.45. The Bertz CT molecular complexity index is 890. The molecule has 134 valence electrons. The lowest BCUT2D eigenvalue weighted by Crippen LogP contribution is -2.26. The predicted molar refractivity (Wildman–Crippen MR) is 101 cm³/mol. The normalized spacial score (nSPS) is 12.0. The molecule has 0 spiro atoms. The van der Waals surface area contributed by atoms with Crippen LogP contribution in [0.15, 0.2) is 52.9 Å². The molecule has 0 bridgehead atoms. The van der Waals surface area contributed by atoms with E-state index < -0.39 is 0 Å². The minimum Gasteiger partial charge on any atom is -0.421 e. The van der Waals surface area contributed by atoms with E-state index in [0.717, 1.165) is 11.1 Å². The summed E-state index contributed by atoms with van der Waals surface area (Å²) in [5.74, 6) is 0.839. The average molecular weight is 370 g/mol. The van der Waals surface area contributed by atoms with E-state index in [2.05, 4.69) is 15.5 Å². The SMILES string of the molecule is Cc1ccc(-c2nnc(CCC(=O)NC(C)c3cccc(Cl)c3)o2)cc1. The number of halogens is 1. The van der Waals surface area contributed by atoms with E-state index in [1.165, 1.54) is 5.56 Å². The van der Waals surface area contributed by atoms with Crippen molar-refractivity contribution in [1.29, 1.82) is 0 Å². The molecule has 6 heteroatoms. The molecule has 1 N–H and O–H groups in total. The first kappa shape index (κ1) is 18.1. The fraction of sp³-hybridized carbons (Fsp3) is 0.250. The van der Waals surface area contributed by atoms with Crippen LogP contribution in [0.5, 0.6) is 0 Å². The van der Waals surface area contributed by atoms with Crippen LogP contribution in [0, 0.1) is 6.92 Å². The molecule has 3 aromatic rings. The number of hydrogen-bond acceptors (Lipinski definition) is 4. The maximum atomic E-state index is 12.2. The molecule has 5 nitrogen and oxygen atoms in total. The van der Waals surface area contributed by atoms with Crippen molar-refractivity contribution in [2.45, 2.75) is 32.7 Å². The van der Waals surface area contributed by atoms with Gasteiger partial charge in [-0.2, -0.15) is 0 Å². The summed E-state index contributed by atoms with van der Waals surface area (Å²) in [6, 6.07) is 15.2. The van der Waals surface area contributed by atoms with Gasteiger partial charge in [0.05, 0.1) is 6.04 Å². The van der Waals surface area contributed by atoms with Crippen LogP contribution in [0.2, 0.25) is 5.02 Å². The van der Waals surface area contributed by atoms with Crippen molar-refractivity contribution in [2.75, 3.05) is 0 Å². The summed E-state index contributed by atoms with van der Waals surface area (Å²) in [6.07, 6.45) is 0.674. The zero-order valence-corrected chi connectivity index (χ0v) is 15.5. The first-order chi connectivity index (χ1) is 12.5. The third-order valence-corrected chi connectivity index (χ3v) is 4.29. The van der Waals surface area contributed by atoms with Crippen LogP contribution in [-0.2, 0) is 11.2 Å². The molecule has 0 aliphatic heterocycles. The summed E-state index contributed by atoms with van der Waals surface area (Å²) in [7, 11) is 0. The highest BCUT2D eigenvalue weighted by atomic mass is 35.5. The Labute approximate surface area is 157 Å². The lowest BCUT2D eigenvalue weighted by molar-refractivity contribution is -0.121. The second-order valence-corrected chi connectivity index (χ2v) is 6.65. The van der Waals surface area contributed by atoms with E-state index in [9.17, 15) is 4.79 Å². The van der Waals surface area contributed by atoms with Crippen molar-refractivity contribution in [3.05, 3.63) is 70.6 Å². The van der Waals surface area contributed by atoms with Crippen molar-refractivity contribution >= 4 is 17.5 Å². The number of carbonyl (C=O) groups is 1. The number of nitrogens with zero attached hydrogens (tertiary/aromatic N) is 2. The molecule has 0 saturated heterocycles. The summed E-state index contributed by atoms with van der Waals surface area (Å²) in [5, 5.41) is 11.7. The fourth-order valence-corrected chi connectivity index (χ4v) is 2.76. The number of aryl methyl sites for hydroxylation is 2. The minimum absolute atomic E-state index is 0.0763. The Kier molecular flexibility index (Phi) is 5.68. The smallest absolute Gasteiger partial charge is 0.247 e. The molecule has 0 saturated carbocycles. The number of carbonyl (C=O) groups excluding carboxylic acids is 1. The maximum absolute atomic E-state index is 12.2. The van der Waals surface area contributed by atoms with E-state index in [1.54, 1.807) is 6.07 Å². The van der Waals surface area contributed by atoms with Gasteiger partial charge in [-0.15, -0.1) is 10.2 Å². The molecule has 26 heavy (non-hydrogen) atoms. The number of aromatic nitrogens is 2. The van der Waals surface area contributed by atoms with Gasteiger partial charge < -0.3 is 9.73 Å². The summed E-state index contributed by atoms with van der Waals surface area (Å²) >= 11 is 5.99. The van der Waals surface area contributed by atoms with E-state index in [-0.39, 0.29) is 18.4 Å². The van der Waals surface area contributed by atoms with E-state index >= 15 is 0 Å². The molecule has 2 aromatic carbocycles. The maximum Gasteiger partial charge on any atom is 0.247 e. The zero-order valence-electron chi connectivity index (χ0n) is 14.7. The molecule has 1 heterocycles. The summed E-state index contributed by atoms with van der Waals surface area (Å²) in [4.78, 5) is 12.2. The number of benzene rings is 2. The molecule has 1 aromatic heterocycles. The van der Waals surface area contributed by atoms with Gasteiger partial charge in [0.25, 0.3) is 0 Å². The van der Waals surface area contributed by atoms with Gasteiger partial charge in [-0.1, -0.05) is 41.4 Å². The van der Waals surface area contributed by atoms with Crippen LogP contribution in [0.3, 0.4) is 0 Å². The molecule has 1 unspecified atom stereocenters. The third kappa shape index (κ3) is 4.70. The minimum atomic E-state index is -0.119. The van der Waals surface area contributed by atoms with Crippen LogP contribution < -0.4 is 5.32 Å². The van der Waals surface area contributed by atoms with Gasteiger partial charge in [-0.25, -0.2) is 0 Å². The third-order valence-electron chi connectivity index (χ3n) is 4.06. The highest BCUT2D eigenvalue weighted by Crippen LogP contribution is 2.19. The average Bonchev–Trinajstić information content (AvgIpc) is 3.09. The second-order valence-electron chi connectivity index (χ2n) is 6.21. The van der Waals surface area contributed by atoms with Crippen molar-refractivity contribution in [2.24, 2.45) is 0 Å². The van der Waals surface area contributed by atoms with Crippen LogP contribution in [0.4, 0.5) is 0 Å². The Balaban J connectivity index is 1.54. The van der Waals surface area contributed by atoms with Gasteiger partial charge >= 0.3 is 0 Å². The number of amides is 1. The number of nitrogens with one attached hydrogen (secondary N) is 1. The molecule has 3 rings (SSSR count). The van der Waals surface area contributed by atoms with Crippen molar-refractivity contribution < 1.29 is 9.21 Å². The van der Waals surface area contributed by atoms with Crippen LogP contribution in [0.25, 0.3) is 11.5 Å². The highest BCUT2D eigenvalue weighted by molar-refractivity contribution is 6.30. The molecule has 0 fully saturated rings. The lowest BCUT2D eigenvalue weighted by Gasteiger charge is -2.14. The lowest BCUT2D eigenvalue weighted by atomic mass is 10.1. The van der Waals surface area contributed by atoms with Crippen LogP contribution >= 0.6 is 11.6 Å². The molecule has 0 aliphatic carbocycles. The Morgan fingerprint density at radius 3 is 2.69 bits per heavy atom. The van der Waals surface area contributed by atoms with Gasteiger partial charge in [-0.05, 0) is 43.7 Å². The van der Waals surface area contributed by atoms with E-state index in [1.807, 2.05) is 56.3 Å². The molecule has 1 atom stereocenters. The Morgan fingerprint density at radius 2 is 1.96 bits per heavy atom. The summed E-state index contributed by atoms with van der Waals surface area (Å²) < 4.78 is 5.65. The zero-order chi connectivity index (χ0) is 18.5. The molecule has 0 aliphatic rings. The van der Waals surface area contributed by atoms with Gasteiger partial charge in [0, 0.05) is 23.4 Å². The van der Waals surface area contributed by atoms with Gasteiger partial charge in [0.15, 0.2) is 0 Å². The fourth-order valence-electron chi connectivity index (χ4n) is 2.56. The predicted octanol–water partition coefficient (Wildman–Crippen LogP) is 4.51. The number of rotatable bonds is 6. The van der Waals surface area contributed by atoms with Gasteiger partial charge in [-0.3, -0.25) is 4.79 Å². The van der Waals surface area contributed by atoms with E-state index in [0.29, 0.717) is 23.2 Å². The van der Waals surface area contributed by atoms with E-state index in [4.69, 9.17) is 16.0 Å².